The molecule has 0 bridgehead atoms. The molecule has 0 N–H and O–H groups in total. The lowest BCUT2D eigenvalue weighted by Crippen LogP contribution is -2.30. The molecule has 1 aromatic carbocycles. The lowest BCUT2D eigenvalue weighted by atomic mass is 9.94. The van der Waals surface area contributed by atoms with Gasteiger partial charge in [-0.25, -0.2) is 12.8 Å². The second-order valence-electron chi connectivity index (χ2n) is 4.08. The quantitative estimate of drug-likeness (QED) is 0.853. The number of rotatable bonds is 4. The van der Waals surface area contributed by atoms with E-state index in [1.54, 1.807) is 6.07 Å². The fourth-order valence-electron chi connectivity index (χ4n) is 1.48. The number of nitrogens with zero attached hydrogens (tertiary/aromatic N) is 1. The molecule has 19 heavy (non-hydrogen) atoms. The number of nitriles is 1. The van der Waals surface area contributed by atoms with Crippen LogP contribution in [0.4, 0.5) is 4.39 Å². The van der Waals surface area contributed by atoms with E-state index in [9.17, 15) is 17.6 Å². The lowest BCUT2D eigenvalue weighted by molar-refractivity contribution is -0.118. The molecular formula is C12H11ClFNO3S. The first-order valence-electron chi connectivity index (χ1n) is 5.26. The summed E-state index contributed by atoms with van der Waals surface area (Å²) in [4.78, 5) is 12.0. The van der Waals surface area contributed by atoms with E-state index in [2.05, 4.69) is 0 Å². The van der Waals surface area contributed by atoms with Crippen LogP contribution in [0.2, 0.25) is 5.02 Å². The molecule has 2 atom stereocenters. The average molecular weight is 304 g/mol. The molecule has 1 aromatic rings. The molecule has 0 amide bonds. The van der Waals surface area contributed by atoms with Gasteiger partial charge in [0, 0.05) is 11.8 Å². The van der Waals surface area contributed by atoms with Gasteiger partial charge in [-0.3, -0.25) is 4.79 Å². The Hall–Kier alpha value is -1.45. The van der Waals surface area contributed by atoms with E-state index in [4.69, 9.17) is 16.9 Å². The normalized spacial score (nSPS) is 14.5. The highest BCUT2D eigenvalue weighted by molar-refractivity contribution is 7.92. The molecule has 2 unspecified atom stereocenters. The zero-order valence-electron chi connectivity index (χ0n) is 10.2. The largest absolute Gasteiger partial charge is 0.296 e. The molecule has 0 aliphatic carbocycles. The maximum atomic E-state index is 13.8. The zero-order chi connectivity index (χ0) is 14.8. The SMILES string of the molecule is CC(C(=O)C(C#N)c1cccc(Cl)c1F)S(C)(=O)=O. The molecule has 0 aromatic heterocycles. The van der Waals surface area contributed by atoms with Gasteiger partial charge in [0.2, 0.25) is 0 Å². The highest BCUT2D eigenvalue weighted by Crippen LogP contribution is 2.26. The highest BCUT2D eigenvalue weighted by Gasteiger charge is 2.33. The molecule has 102 valence electrons. The number of halogens is 2. The van der Waals surface area contributed by atoms with Gasteiger partial charge in [0.25, 0.3) is 0 Å². The average Bonchev–Trinajstić information content (AvgIpc) is 2.33. The summed E-state index contributed by atoms with van der Waals surface area (Å²) in [6, 6.07) is 5.53. The third kappa shape index (κ3) is 3.31. The Kier molecular flexibility index (Phi) is 4.66. The minimum atomic E-state index is -3.64. The molecule has 4 nitrogen and oxygen atoms in total. The van der Waals surface area contributed by atoms with Crippen LogP contribution in [0, 0.1) is 17.1 Å². The first-order chi connectivity index (χ1) is 8.70. The summed E-state index contributed by atoms with van der Waals surface area (Å²) in [6.45, 7) is 1.17. The molecule has 0 saturated heterocycles. The van der Waals surface area contributed by atoms with Crippen molar-refractivity contribution in [1.82, 2.24) is 0 Å². The molecule has 0 aliphatic rings. The van der Waals surface area contributed by atoms with E-state index in [0.717, 1.165) is 6.26 Å². The first kappa shape index (κ1) is 15.6. The van der Waals surface area contributed by atoms with Gasteiger partial charge >= 0.3 is 0 Å². The Labute approximate surface area is 115 Å². The summed E-state index contributed by atoms with van der Waals surface area (Å²) in [5.41, 5.74) is -0.212. The Morgan fingerprint density at radius 1 is 1.47 bits per heavy atom. The standard InChI is InChI=1S/C12H11ClFNO3S/c1-7(19(2,17)18)12(16)9(6-15)8-4-3-5-10(13)11(8)14/h3-5,7,9H,1-2H3. The third-order valence-corrected chi connectivity index (χ3v) is 4.56. The lowest BCUT2D eigenvalue weighted by Gasteiger charge is -2.14. The van der Waals surface area contributed by atoms with Crippen LogP contribution < -0.4 is 0 Å². The number of Topliss-reactive ketones (excluding diaryl/α,β-unsaturated/α-hetero) is 1. The molecule has 0 fully saturated rings. The van der Waals surface area contributed by atoms with Gasteiger partial charge in [-0.05, 0) is 13.0 Å². The van der Waals surface area contributed by atoms with Gasteiger partial charge in [0.15, 0.2) is 15.6 Å². The van der Waals surface area contributed by atoms with Gasteiger partial charge in [-0.2, -0.15) is 5.26 Å². The van der Waals surface area contributed by atoms with Crippen LogP contribution in [0.1, 0.15) is 18.4 Å². The van der Waals surface area contributed by atoms with Crippen molar-refractivity contribution < 1.29 is 17.6 Å². The van der Waals surface area contributed by atoms with Crippen molar-refractivity contribution in [3.05, 3.63) is 34.6 Å². The molecular weight excluding hydrogens is 293 g/mol. The van der Waals surface area contributed by atoms with Crippen LogP contribution >= 0.6 is 11.6 Å². The highest BCUT2D eigenvalue weighted by atomic mass is 35.5. The Balaban J connectivity index is 3.27. The zero-order valence-corrected chi connectivity index (χ0v) is 11.8. The van der Waals surface area contributed by atoms with E-state index >= 15 is 0 Å². The monoisotopic (exact) mass is 303 g/mol. The van der Waals surface area contributed by atoms with Crippen LogP contribution in [0.3, 0.4) is 0 Å². The number of carbonyl (C=O) groups is 1. The third-order valence-electron chi connectivity index (χ3n) is 2.75. The molecule has 1 rings (SSSR count). The number of hydrogen-bond acceptors (Lipinski definition) is 4. The number of ketones is 1. The number of hydrogen-bond donors (Lipinski definition) is 0. The molecule has 7 heteroatoms. The van der Waals surface area contributed by atoms with Crippen molar-refractivity contribution in [2.45, 2.75) is 18.1 Å². The Morgan fingerprint density at radius 3 is 2.53 bits per heavy atom. The van der Waals surface area contributed by atoms with Crippen LogP contribution in [-0.4, -0.2) is 25.7 Å². The maximum absolute atomic E-state index is 13.8. The van der Waals surface area contributed by atoms with Crippen molar-refractivity contribution in [3.63, 3.8) is 0 Å². The van der Waals surface area contributed by atoms with Crippen molar-refractivity contribution in [2.24, 2.45) is 0 Å². The minimum Gasteiger partial charge on any atom is -0.296 e. The summed E-state index contributed by atoms with van der Waals surface area (Å²) < 4.78 is 36.4. The van der Waals surface area contributed by atoms with Crippen molar-refractivity contribution in [2.75, 3.05) is 6.26 Å². The Bertz CT molecular complexity index is 651. The van der Waals surface area contributed by atoms with E-state index in [0.29, 0.717) is 0 Å². The first-order valence-corrected chi connectivity index (χ1v) is 7.59. The van der Waals surface area contributed by atoms with Gasteiger partial charge in [0.05, 0.1) is 11.1 Å². The van der Waals surface area contributed by atoms with Gasteiger partial charge < -0.3 is 0 Å². The fourth-order valence-corrected chi connectivity index (χ4v) is 2.22. The summed E-state index contributed by atoms with van der Waals surface area (Å²) in [5.74, 6) is -3.25. The molecule has 0 aliphatic heterocycles. The van der Waals surface area contributed by atoms with Crippen LogP contribution in [0.25, 0.3) is 0 Å². The summed E-state index contributed by atoms with van der Waals surface area (Å²) in [7, 11) is -3.64. The summed E-state index contributed by atoms with van der Waals surface area (Å²) in [6.07, 6.45) is 0.887. The topological polar surface area (TPSA) is 75.0 Å². The maximum Gasteiger partial charge on any atom is 0.172 e. The fraction of sp³-hybridized carbons (Fsp3) is 0.333. The summed E-state index contributed by atoms with van der Waals surface area (Å²) >= 11 is 5.58. The van der Waals surface area contributed by atoms with Crippen LogP contribution in [0.15, 0.2) is 18.2 Å². The predicted octanol–water partition coefficient (Wildman–Crippen LogP) is 2.09. The van der Waals surface area contributed by atoms with Gasteiger partial charge in [-0.1, -0.05) is 23.7 Å². The van der Waals surface area contributed by atoms with Crippen LogP contribution in [-0.2, 0) is 14.6 Å². The smallest absolute Gasteiger partial charge is 0.172 e. The van der Waals surface area contributed by atoms with Gasteiger partial charge in [0.1, 0.15) is 17.0 Å². The molecule has 0 spiro atoms. The molecule has 0 radical (unpaired) electrons. The van der Waals surface area contributed by atoms with Crippen molar-refractivity contribution in [1.29, 1.82) is 5.26 Å². The number of carbonyl (C=O) groups excluding carboxylic acids is 1. The second-order valence-corrected chi connectivity index (χ2v) is 6.85. The van der Waals surface area contributed by atoms with Crippen molar-refractivity contribution >= 4 is 27.2 Å². The van der Waals surface area contributed by atoms with E-state index in [1.807, 2.05) is 0 Å². The van der Waals surface area contributed by atoms with E-state index in [-0.39, 0.29) is 10.6 Å². The summed E-state index contributed by atoms with van der Waals surface area (Å²) in [5, 5.41) is 7.40. The Morgan fingerprint density at radius 2 is 2.05 bits per heavy atom. The predicted molar refractivity (Wildman–Crippen MR) is 69.1 cm³/mol. The second kappa shape index (κ2) is 5.68. The van der Waals surface area contributed by atoms with Gasteiger partial charge in [-0.15, -0.1) is 0 Å². The molecule has 0 saturated carbocycles. The number of sulfone groups is 1. The molecule has 0 heterocycles. The van der Waals surface area contributed by atoms with E-state index < -0.39 is 32.6 Å². The van der Waals surface area contributed by atoms with Crippen molar-refractivity contribution in [3.8, 4) is 6.07 Å². The minimum absolute atomic E-state index is 0.212. The van der Waals surface area contributed by atoms with Crippen LogP contribution in [0.5, 0.6) is 0 Å². The number of benzene rings is 1. The van der Waals surface area contributed by atoms with E-state index in [1.165, 1.54) is 25.1 Å².